The molecule has 1 aliphatic rings. The van der Waals surface area contributed by atoms with E-state index in [1.54, 1.807) is 11.3 Å². The molecule has 1 aliphatic heterocycles. The Morgan fingerprint density at radius 1 is 1.09 bits per heavy atom. The summed E-state index contributed by atoms with van der Waals surface area (Å²) in [7, 11) is 4.12. The minimum absolute atomic E-state index is 0.611. The van der Waals surface area contributed by atoms with Crippen molar-refractivity contribution in [2.24, 2.45) is 7.05 Å². The van der Waals surface area contributed by atoms with Crippen LogP contribution in [0.3, 0.4) is 0 Å². The van der Waals surface area contributed by atoms with E-state index in [0.29, 0.717) is 10.6 Å². The van der Waals surface area contributed by atoms with E-state index >= 15 is 0 Å². The van der Waals surface area contributed by atoms with Gasteiger partial charge in [0.05, 0.1) is 27.0 Å². The quantitative estimate of drug-likeness (QED) is 0.208. The third kappa shape index (κ3) is 5.72. The standard InChI is InChI=1S/C34H35ClN4O3S/c1-19-17-25-31(28(20-7-10-23(35)11-8-20)27(19)30(33(40)41)42-34(2,3)4)43-32(36-25)22-9-12-24-26(18-22)39(6)37-29(24)21-13-15-38(5)16-14-21/h7-13,17-18,30H,14-16H2,1-6H3,(H,40,41). The average Bonchev–Trinajstić information content (AvgIpc) is 3.52. The summed E-state index contributed by atoms with van der Waals surface area (Å²) < 4.78 is 9.01. The maximum absolute atomic E-state index is 12.6. The molecule has 9 heteroatoms. The van der Waals surface area contributed by atoms with Crippen molar-refractivity contribution in [3.63, 3.8) is 0 Å². The van der Waals surface area contributed by atoms with Gasteiger partial charge in [0.1, 0.15) is 5.01 Å². The third-order valence-corrected chi connectivity index (χ3v) is 9.22. The molecule has 1 atom stereocenters. The fourth-order valence-corrected chi connectivity index (χ4v) is 7.02. The van der Waals surface area contributed by atoms with E-state index in [9.17, 15) is 9.90 Å². The highest BCUT2D eigenvalue weighted by molar-refractivity contribution is 7.22. The molecule has 222 valence electrons. The van der Waals surface area contributed by atoms with Gasteiger partial charge in [-0.3, -0.25) is 4.68 Å². The van der Waals surface area contributed by atoms with Crippen LogP contribution in [0.15, 0.2) is 54.6 Å². The Kier molecular flexibility index (Phi) is 7.67. The van der Waals surface area contributed by atoms with Crippen LogP contribution in [0.2, 0.25) is 5.02 Å². The average molecular weight is 615 g/mol. The van der Waals surface area contributed by atoms with Gasteiger partial charge in [-0.15, -0.1) is 11.3 Å². The zero-order chi connectivity index (χ0) is 30.6. The van der Waals surface area contributed by atoms with Gasteiger partial charge in [-0.25, -0.2) is 9.78 Å². The number of likely N-dealkylation sites (N-methyl/N-ethyl adjacent to an activating group) is 1. The van der Waals surface area contributed by atoms with Crippen LogP contribution >= 0.6 is 22.9 Å². The number of carboxylic acids is 1. The number of hydrogen-bond acceptors (Lipinski definition) is 6. The second kappa shape index (κ2) is 11.2. The van der Waals surface area contributed by atoms with Crippen LogP contribution in [0.5, 0.6) is 0 Å². The summed E-state index contributed by atoms with van der Waals surface area (Å²) >= 11 is 7.81. The zero-order valence-corrected chi connectivity index (χ0v) is 26.8. The minimum atomic E-state index is -1.15. The molecule has 1 N–H and O–H groups in total. The van der Waals surface area contributed by atoms with E-state index in [1.165, 1.54) is 5.57 Å². The van der Waals surface area contributed by atoms with Crippen molar-refractivity contribution >= 4 is 55.6 Å². The highest BCUT2D eigenvalue weighted by Crippen LogP contribution is 2.45. The van der Waals surface area contributed by atoms with E-state index in [2.05, 4.69) is 36.2 Å². The number of aryl methyl sites for hydroxylation is 2. The molecule has 2 aromatic heterocycles. The predicted octanol–water partition coefficient (Wildman–Crippen LogP) is 8.14. The first-order valence-electron chi connectivity index (χ1n) is 14.4. The first-order valence-corrected chi connectivity index (χ1v) is 15.5. The van der Waals surface area contributed by atoms with E-state index in [-0.39, 0.29) is 0 Å². The Bertz CT molecular complexity index is 1900. The van der Waals surface area contributed by atoms with Crippen LogP contribution in [0.4, 0.5) is 0 Å². The molecule has 3 heterocycles. The van der Waals surface area contributed by atoms with Crippen LogP contribution in [-0.2, 0) is 16.6 Å². The first-order chi connectivity index (χ1) is 20.4. The fraction of sp³-hybridized carbons (Fsp3) is 0.324. The van der Waals surface area contributed by atoms with Gasteiger partial charge in [-0.1, -0.05) is 35.9 Å². The highest BCUT2D eigenvalue weighted by Gasteiger charge is 2.32. The summed E-state index contributed by atoms with van der Waals surface area (Å²) in [5, 5.41) is 17.8. The number of hydrogen-bond donors (Lipinski definition) is 1. The van der Waals surface area contributed by atoms with Gasteiger partial charge < -0.3 is 14.7 Å². The number of thiazole rings is 1. The van der Waals surface area contributed by atoms with E-state index in [0.717, 1.165) is 73.6 Å². The predicted molar refractivity (Wildman–Crippen MR) is 176 cm³/mol. The smallest absolute Gasteiger partial charge is 0.337 e. The van der Waals surface area contributed by atoms with Gasteiger partial charge in [0.15, 0.2) is 6.10 Å². The number of nitrogens with zero attached hydrogens (tertiary/aromatic N) is 4. The van der Waals surface area contributed by atoms with Crippen LogP contribution in [0.25, 0.3) is 48.4 Å². The summed E-state index contributed by atoms with van der Waals surface area (Å²) in [6.45, 7) is 9.48. The number of halogens is 1. The van der Waals surface area contributed by atoms with Crippen LogP contribution in [-0.4, -0.2) is 56.5 Å². The van der Waals surface area contributed by atoms with Crippen molar-refractivity contribution in [3.8, 4) is 21.7 Å². The van der Waals surface area contributed by atoms with Crippen LogP contribution < -0.4 is 0 Å². The molecule has 7 nitrogen and oxygen atoms in total. The topological polar surface area (TPSA) is 80.5 Å². The molecule has 3 aromatic carbocycles. The maximum Gasteiger partial charge on any atom is 0.337 e. The molecule has 0 radical (unpaired) electrons. The fourth-order valence-electron chi connectivity index (χ4n) is 5.78. The number of ether oxygens (including phenoxy) is 1. The second-order valence-corrected chi connectivity index (χ2v) is 13.7. The van der Waals surface area contributed by atoms with Crippen molar-refractivity contribution in [2.75, 3.05) is 20.1 Å². The monoisotopic (exact) mass is 614 g/mol. The van der Waals surface area contributed by atoms with Gasteiger partial charge in [-0.2, -0.15) is 5.10 Å². The molecule has 0 spiro atoms. The molecule has 1 unspecified atom stereocenters. The van der Waals surface area contributed by atoms with Crippen LogP contribution in [0, 0.1) is 6.92 Å². The summed E-state index contributed by atoms with van der Waals surface area (Å²) in [5.74, 6) is -1.03. The van der Waals surface area contributed by atoms with E-state index < -0.39 is 17.7 Å². The van der Waals surface area contributed by atoms with Gasteiger partial charge in [-0.05, 0) is 88.2 Å². The molecule has 5 aromatic rings. The molecule has 6 rings (SSSR count). The Labute approximate surface area is 260 Å². The minimum Gasteiger partial charge on any atom is -0.479 e. The summed E-state index contributed by atoms with van der Waals surface area (Å²) in [5.41, 5.74) is 7.64. The molecule has 0 aliphatic carbocycles. The number of fused-ring (bicyclic) bond motifs is 2. The Morgan fingerprint density at radius 3 is 2.47 bits per heavy atom. The lowest BCUT2D eigenvalue weighted by atomic mass is 9.91. The van der Waals surface area contributed by atoms with Crippen molar-refractivity contribution in [2.45, 2.75) is 45.8 Å². The normalized spacial score (nSPS) is 15.3. The molecular weight excluding hydrogens is 580 g/mol. The first kappa shape index (κ1) is 29.5. The number of benzene rings is 3. The Balaban J connectivity index is 1.52. The van der Waals surface area contributed by atoms with Crippen molar-refractivity contribution in [1.29, 1.82) is 0 Å². The molecule has 0 saturated carbocycles. The second-order valence-electron chi connectivity index (χ2n) is 12.3. The number of rotatable bonds is 6. The van der Waals surface area contributed by atoms with Crippen molar-refractivity contribution in [3.05, 3.63) is 76.5 Å². The number of aliphatic carboxylic acids is 1. The SMILES string of the molecule is Cc1cc2nc(-c3ccc4c(C5=CCN(C)CC5)nn(C)c4c3)sc2c(-c2ccc(Cl)cc2)c1C(OC(C)(C)C)C(=O)O. The number of carboxylic acid groups (broad SMARTS) is 1. The van der Waals surface area contributed by atoms with Gasteiger partial charge in [0.2, 0.25) is 0 Å². The molecule has 0 amide bonds. The van der Waals surface area contributed by atoms with E-state index in [4.69, 9.17) is 26.4 Å². The van der Waals surface area contributed by atoms with Gasteiger partial charge in [0.25, 0.3) is 0 Å². The summed E-state index contributed by atoms with van der Waals surface area (Å²) in [6.07, 6.45) is 2.10. The lowest BCUT2D eigenvalue weighted by Gasteiger charge is -2.28. The molecule has 0 saturated heterocycles. The summed E-state index contributed by atoms with van der Waals surface area (Å²) in [4.78, 5) is 20.0. The Hall–Kier alpha value is -3.56. The largest absolute Gasteiger partial charge is 0.479 e. The van der Waals surface area contributed by atoms with Crippen LogP contribution in [0.1, 0.15) is 50.1 Å². The van der Waals surface area contributed by atoms with Crippen molar-refractivity contribution < 1.29 is 14.6 Å². The summed E-state index contributed by atoms with van der Waals surface area (Å²) in [6, 6.07) is 15.9. The highest BCUT2D eigenvalue weighted by atomic mass is 35.5. The zero-order valence-electron chi connectivity index (χ0n) is 25.2. The number of carbonyl (C=O) groups is 1. The molecule has 0 bridgehead atoms. The molecule has 0 fully saturated rings. The van der Waals surface area contributed by atoms with Gasteiger partial charge in [0, 0.05) is 47.2 Å². The van der Waals surface area contributed by atoms with Gasteiger partial charge >= 0.3 is 5.97 Å². The lowest BCUT2D eigenvalue weighted by Crippen LogP contribution is -2.28. The van der Waals surface area contributed by atoms with E-state index in [1.807, 2.05) is 69.8 Å². The maximum atomic E-state index is 12.6. The Morgan fingerprint density at radius 2 is 1.81 bits per heavy atom. The lowest BCUT2D eigenvalue weighted by molar-refractivity contribution is -0.160. The molecule has 43 heavy (non-hydrogen) atoms. The third-order valence-electron chi connectivity index (χ3n) is 7.83. The number of aromatic nitrogens is 3. The molecular formula is C34H35ClN4O3S. The van der Waals surface area contributed by atoms with Crippen molar-refractivity contribution in [1.82, 2.24) is 19.7 Å².